The number of nitrogens with one attached hydrogen (secondary N) is 2. The highest BCUT2D eigenvalue weighted by molar-refractivity contribution is 5.03. The van der Waals surface area contributed by atoms with Crippen molar-refractivity contribution < 1.29 is 4.74 Å². The van der Waals surface area contributed by atoms with Gasteiger partial charge in [-0.2, -0.15) is 0 Å². The average molecular weight is 265 g/mol. The first-order valence-electron chi connectivity index (χ1n) is 7.01. The molecule has 0 saturated carbocycles. The second kappa shape index (κ2) is 6.82. The van der Waals surface area contributed by atoms with Gasteiger partial charge in [0, 0.05) is 32.2 Å². The minimum atomic E-state index is -0.0646. The number of H-pyrrole nitrogens is 1. The van der Waals surface area contributed by atoms with Crippen molar-refractivity contribution in [3.63, 3.8) is 0 Å². The van der Waals surface area contributed by atoms with Gasteiger partial charge in [0.2, 0.25) is 0 Å². The predicted molar refractivity (Wildman–Crippen MR) is 74.0 cm³/mol. The molecular weight excluding hydrogens is 242 g/mol. The van der Waals surface area contributed by atoms with Crippen LogP contribution in [0.5, 0.6) is 0 Å². The highest BCUT2D eigenvalue weighted by atomic mass is 16.5. The number of nitrogens with zero attached hydrogens (tertiary/aromatic N) is 1. The first-order valence-corrected chi connectivity index (χ1v) is 7.01. The molecule has 1 unspecified atom stereocenters. The highest BCUT2D eigenvalue weighted by Crippen LogP contribution is 2.15. The number of hydrogen-bond acceptors (Lipinski definition) is 4. The second-order valence-corrected chi connectivity index (χ2v) is 5.64. The maximum Gasteiger partial charge on any atom is 0.251 e. The van der Waals surface area contributed by atoms with E-state index in [-0.39, 0.29) is 5.56 Å². The fraction of sp³-hybridized carbons (Fsp3) is 0.714. The van der Waals surface area contributed by atoms with E-state index >= 15 is 0 Å². The van der Waals surface area contributed by atoms with E-state index in [1.165, 1.54) is 0 Å². The van der Waals surface area contributed by atoms with Gasteiger partial charge in [0.05, 0.1) is 5.69 Å². The molecule has 106 valence electrons. The molecule has 2 N–H and O–H groups in total. The quantitative estimate of drug-likeness (QED) is 0.808. The van der Waals surface area contributed by atoms with Crippen LogP contribution in [-0.4, -0.2) is 29.7 Å². The monoisotopic (exact) mass is 265 g/mol. The zero-order valence-electron chi connectivity index (χ0n) is 11.7. The summed E-state index contributed by atoms with van der Waals surface area (Å²) in [7, 11) is 0. The van der Waals surface area contributed by atoms with E-state index in [2.05, 4.69) is 29.1 Å². The molecule has 1 atom stereocenters. The third-order valence-corrected chi connectivity index (χ3v) is 3.21. The van der Waals surface area contributed by atoms with Gasteiger partial charge in [-0.25, -0.2) is 4.98 Å². The van der Waals surface area contributed by atoms with Gasteiger partial charge in [0.25, 0.3) is 5.56 Å². The van der Waals surface area contributed by atoms with Crippen LogP contribution >= 0.6 is 0 Å². The van der Waals surface area contributed by atoms with Crippen LogP contribution in [0.25, 0.3) is 0 Å². The van der Waals surface area contributed by atoms with Gasteiger partial charge in [-0.15, -0.1) is 0 Å². The Morgan fingerprint density at radius 2 is 2.42 bits per heavy atom. The van der Waals surface area contributed by atoms with Crippen LogP contribution in [0.1, 0.15) is 31.8 Å². The smallest absolute Gasteiger partial charge is 0.251 e. The lowest BCUT2D eigenvalue weighted by Crippen LogP contribution is -2.23. The summed E-state index contributed by atoms with van der Waals surface area (Å²) in [4.78, 5) is 19.0. The number of rotatable bonds is 6. The van der Waals surface area contributed by atoms with Crippen molar-refractivity contribution in [3.05, 3.63) is 27.9 Å². The minimum Gasteiger partial charge on any atom is -0.381 e. The lowest BCUT2D eigenvalue weighted by atomic mass is 10.0. The first-order chi connectivity index (χ1) is 9.13. The van der Waals surface area contributed by atoms with E-state index in [1.807, 2.05) is 0 Å². The third-order valence-electron chi connectivity index (χ3n) is 3.21. The molecule has 19 heavy (non-hydrogen) atoms. The maximum absolute atomic E-state index is 11.6. The number of hydrogen-bond donors (Lipinski definition) is 2. The summed E-state index contributed by atoms with van der Waals surface area (Å²) in [5, 5.41) is 3.31. The van der Waals surface area contributed by atoms with Crippen molar-refractivity contribution in [2.45, 2.75) is 33.2 Å². The molecule has 0 amide bonds. The van der Waals surface area contributed by atoms with Crippen LogP contribution in [0.15, 0.2) is 10.9 Å². The van der Waals surface area contributed by atoms with Gasteiger partial charge in [-0.3, -0.25) is 4.79 Å². The fourth-order valence-corrected chi connectivity index (χ4v) is 2.26. The molecule has 0 aromatic carbocycles. The summed E-state index contributed by atoms with van der Waals surface area (Å²) in [5.41, 5.74) is 0.753. The predicted octanol–water partition coefficient (Wildman–Crippen LogP) is 1.09. The Labute approximate surface area is 113 Å². The van der Waals surface area contributed by atoms with Crippen molar-refractivity contribution in [2.24, 2.45) is 11.8 Å². The van der Waals surface area contributed by atoms with Gasteiger partial charge < -0.3 is 15.0 Å². The summed E-state index contributed by atoms with van der Waals surface area (Å²) in [6.45, 7) is 7.49. The SMILES string of the molecule is CC(C)CNCc1cc(=O)[nH]c(CC2CCOC2)n1. The largest absolute Gasteiger partial charge is 0.381 e. The molecule has 1 aromatic heterocycles. The van der Waals surface area contributed by atoms with Crippen LogP contribution in [0.2, 0.25) is 0 Å². The molecule has 5 nitrogen and oxygen atoms in total. The molecule has 0 aliphatic carbocycles. The van der Waals surface area contributed by atoms with Gasteiger partial charge in [0.15, 0.2) is 0 Å². The summed E-state index contributed by atoms with van der Waals surface area (Å²) < 4.78 is 5.35. The zero-order chi connectivity index (χ0) is 13.7. The van der Waals surface area contributed by atoms with Crippen molar-refractivity contribution in [2.75, 3.05) is 19.8 Å². The molecule has 1 aromatic rings. The Balaban J connectivity index is 1.95. The Morgan fingerprint density at radius 3 is 3.11 bits per heavy atom. The third kappa shape index (κ3) is 4.76. The second-order valence-electron chi connectivity index (χ2n) is 5.64. The zero-order valence-corrected chi connectivity index (χ0v) is 11.7. The van der Waals surface area contributed by atoms with E-state index in [1.54, 1.807) is 6.07 Å². The number of ether oxygens (including phenoxy) is 1. The van der Waals surface area contributed by atoms with E-state index in [9.17, 15) is 4.79 Å². The van der Waals surface area contributed by atoms with Crippen LogP contribution in [0.4, 0.5) is 0 Å². The molecule has 0 radical (unpaired) electrons. The first kappa shape index (κ1) is 14.2. The Bertz CT molecular complexity index is 450. The van der Waals surface area contributed by atoms with Crippen LogP contribution in [-0.2, 0) is 17.7 Å². The van der Waals surface area contributed by atoms with E-state index < -0.39 is 0 Å². The molecular formula is C14H23N3O2. The highest BCUT2D eigenvalue weighted by Gasteiger charge is 2.17. The van der Waals surface area contributed by atoms with Crippen molar-refractivity contribution >= 4 is 0 Å². The lowest BCUT2D eigenvalue weighted by Gasteiger charge is -2.09. The van der Waals surface area contributed by atoms with Crippen LogP contribution in [0, 0.1) is 11.8 Å². The molecule has 5 heteroatoms. The lowest BCUT2D eigenvalue weighted by molar-refractivity contribution is 0.185. The minimum absolute atomic E-state index is 0.0646. The molecule has 1 aliphatic rings. The summed E-state index contributed by atoms with van der Waals surface area (Å²) >= 11 is 0. The van der Waals surface area contributed by atoms with Gasteiger partial charge in [-0.1, -0.05) is 13.8 Å². The van der Waals surface area contributed by atoms with Crippen molar-refractivity contribution in [3.8, 4) is 0 Å². The number of aromatic nitrogens is 2. The van der Waals surface area contributed by atoms with Crippen molar-refractivity contribution in [1.82, 2.24) is 15.3 Å². The molecule has 1 saturated heterocycles. The molecule has 2 heterocycles. The topological polar surface area (TPSA) is 67.0 Å². The summed E-state index contributed by atoms with van der Waals surface area (Å²) in [6.07, 6.45) is 1.85. The van der Waals surface area contributed by atoms with Crippen molar-refractivity contribution in [1.29, 1.82) is 0 Å². The fourth-order valence-electron chi connectivity index (χ4n) is 2.26. The normalized spacial score (nSPS) is 19.2. The Morgan fingerprint density at radius 1 is 1.58 bits per heavy atom. The van der Waals surface area contributed by atoms with E-state index in [0.29, 0.717) is 18.4 Å². The molecule has 2 rings (SSSR count). The summed E-state index contributed by atoms with van der Waals surface area (Å²) in [6, 6.07) is 1.57. The van der Waals surface area contributed by atoms with E-state index in [4.69, 9.17) is 4.74 Å². The van der Waals surface area contributed by atoms with Crippen LogP contribution < -0.4 is 10.9 Å². The van der Waals surface area contributed by atoms with Gasteiger partial charge in [0.1, 0.15) is 5.82 Å². The number of aromatic amines is 1. The summed E-state index contributed by atoms with van der Waals surface area (Å²) in [5.74, 6) is 1.86. The molecule has 0 spiro atoms. The maximum atomic E-state index is 11.6. The molecule has 1 fully saturated rings. The standard InChI is InChI=1S/C14H23N3O2/c1-10(2)7-15-8-12-6-14(18)17-13(16-12)5-11-3-4-19-9-11/h6,10-11,15H,3-5,7-9H2,1-2H3,(H,16,17,18). The average Bonchev–Trinajstić information content (AvgIpc) is 2.80. The molecule has 1 aliphatic heterocycles. The van der Waals surface area contributed by atoms with Crippen LogP contribution in [0.3, 0.4) is 0 Å². The molecule has 0 bridgehead atoms. The van der Waals surface area contributed by atoms with Gasteiger partial charge >= 0.3 is 0 Å². The van der Waals surface area contributed by atoms with Gasteiger partial charge in [-0.05, 0) is 24.8 Å². The Hall–Kier alpha value is -1.20. The van der Waals surface area contributed by atoms with E-state index in [0.717, 1.165) is 44.1 Å². The Kier molecular flexibility index (Phi) is 5.10.